The van der Waals surface area contributed by atoms with Gasteiger partial charge in [-0.2, -0.15) is 9.98 Å². The molecule has 0 bridgehead atoms. The minimum atomic E-state index is -0.234. The lowest BCUT2D eigenvalue weighted by Gasteiger charge is -2.07. The number of benzene rings is 1. The standard InChI is InChI=1S/C23H21N5O2/c1-17-5-7-18(8-6-17)16-28-15-3-2-4-20(28)25-21(29)9-10-22-26-23(27-30-22)19-11-13-24-14-12-19/h2-8,11-15H,9-10,16H2,1H3. The molecule has 1 amide bonds. The highest BCUT2D eigenvalue weighted by atomic mass is 16.5. The number of aryl methyl sites for hydroxylation is 2. The van der Waals surface area contributed by atoms with Crippen molar-refractivity contribution in [3.8, 4) is 11.4 Å². The molecule has 7 heteroatoms. The van der Waals surface area contributed by atoms with Gasteiger partial charge in [0.15, 0.2) is 0 Å². The summed E-state index contributed by atoms with van der Waals surface area (Å²) in [5.41, 5.74) is 3.80. The maximum atomic E-state index is 12.4. The topological polar surface area (TPSA) is 86.2 Å². The van der Waals surface area contributed by atoms with Crippen molar-refractivity contribution in [2.75, 3.05) is 0 Å². The quantitative estimate of drug-likeness (QED) is 0.496. The van der Waals surface area contributed by atoms with Crippen LogP contribution in [0.25, 0.3) is 11.4 Å². The van der Waals surface area contributed by atoms with Gasteiger partial charge in [-0.15, -0.1) is 0 Å². The molecule has 0 saturated carbocycles. The first-order valence-corrected chi connectivity index (χ1v) is 9.69. The molecule has 0 fully saturated rings. The summed E-state index contributed by atoms with van der Waals surface area (Å²) in [5.74, 6) is 0.657. The van der Waals surface area contributed by atoms with Crippen molar-refractivity contribution in [2.45, 2.75) is 26.3 Å². The molecule has 0 saturated heterocycles. The first-order valence-electron chi connectivity index (χ1n) is 9.69. The molecule has 7 nitrogen and oxygen atoms in total. The van der Waals surface area contributed by atoms with Crippen LogP contribution in [0.4, 0.5) is 0 Å². The fourth-order valence-electron chi connectivity index (χ4n) is 2.96. The van der Waals surface area contributed by atoms with E-state index in [1.165, 1.54) is 5.56 Å². The van der Waals surface area contributed by atoms with Gasteiger partial charge >= 0.3 is 0 Å². The number of carbonyl (C=O) groups excluding carboxylic acids is 1. The SMILES string of the molecule is Cc1ccc(Cn2ccccc2=NC(=O)CCc2nc(-c3ccncc3)no2)cc1. The van der Waals surface area contributed by atoms with Crippen LogP contribution in [-0.4, -0.2) is 25.6 Å². The second kappa shape index (κ2) is 9.09. The van der Waals surface area contributed by atoms with Gasteiger partial charge in [0.25, 0.3) is 0 Å². The Kier molecular flexibility index (Phi) is 5.89. The highest BCUT2D eigenvalue weighted by molar-refractivity contribution is 5.76. The van der Waals surface area contributed by atoms with Crippen molar-refractivity contribution in [3.63, 3.8) is 0 Å². The third-order valence-corrected chi connectivity index (χ3v) is 4.59. The molecule has 3 heterocycles. The Balaban J connectivity index is 1.43. The second-order valence-electron chi connectivity index (χ2n) is 6.93. The molecule has 4 aromatic rings. The van der Waals surface area contributed by atoms with Crippen molar-refractivity contribution in [3.05, 3.63) is 95.7 Å². The average Bonchev–Trinajstić information content (AvgIpc) is 3.25. The third-order valence-electron chi connectivity index (χ3n) is 4.59. The monoisotopic (exact) mass is 399 g/mol. The van der Waals surface area contributed by atoms with Crippen LogP contribution in [0.5, 0.6) is 0 Å². The van der Waals surface area contributed by atoms with Crippen LogP contribution in [0, 0.1) is 6.92 Å². The van der Waals surface area contributed by atoms with E-state index < -0.39 is 0 Å². The lowest BCUT2D eigenvalue weighted by atomic mass is 10.1. The van der Waals surface area contributed by atoms with Crippen molar-refractivity contribution < 1.29 is 9.32 Å². The Morgan fingerprint density at radius 2 is 1.87 bits per heavy atom. The highest BCUT2D eigenvalue weighted by Gasteiger charge is 2.10. The summed E-state index contributed by atoms with van der Waals surface area (Å²) in [6, 6.07) is 17.5. The van der Waals surface area contributed by atoms with Gasteiger partial charge in [0.2, 0.25) is 17.6 Å². The smallest absolute Gasteiger partial charge is 0.248 e. The molecule has 3 aromatic heterocycles. The van der Waals surface area contributed by atoms with Crippen molar-refractivity contribution in [1.82, 2.24) is 19.7 Å². The molecule has 4 rings (SSSR count). The number of hydrogen-bond donors (Lipinski definition) is 0. The number of amides is 1. The van der Waals surface area contributed by atoms with Gasteiger partial charge in [-0.05, 0) is 36.8 Å². The van der Waals surface area contributed by atoms with Crippen LogP contribution in [0.2, 0.25) is 0 Å². The van der Waals surface area contributed by atoms with E-state index in [0.29, 0.717) is 30.2 Å². The van der Waals surface area contributed by atoms with E-state index in [1.807, 2.05) is 29.0 Å². The summed E-state index contributed by atoms with van der Waals surface area (Å²) < 4.78 is 7.21. The number of carbonyl (C=O) groups is 1. The molecule has 150 valence electrons. The van der Waals surface area contributed by atoms with Crippen LogP contribution in [0.1, 0.15) is 23.4 Å². The van der Waals surface area contributed by atoms with Crippen LogP contribution >= 0.6 is 0 Å². The fraction of sp³-hybridized carbons (Fsp3) is 0.174. The highest BCUT2D eigenvalue weighted by Crippen LogP contribution is 2.14. The summed E-state index contributed by atoms with van der Waals surface area (Å²) in [6.45, 7) is 2.70. The molecular formula is C23H21N5O2. The first kappa shape index (κ1) is 19.4. The zero-order valence-electron chi connectivity index (χ0n) is 16.6. The lowest BCUT2D eigenvalue weighted by Crippen LogP contribution is -2.22. The second-order valence-corrected chi connectivity index (χ2v) is 6.93. The van der Waals surface area contributed by atoms with E-state index in [0.717, 1.165) is 11.1 Å². The maximum Gasteiger partial charge on any atom is 0.248 e. The maximum absolute atomic E-state index is 12.4. The molecule has 0 unspecified atom stereocenters. The number of hydrogen-bond acceptors (Lipinski definition) is 5. The normalized spacial score (nSPS) is 11.6. The zero-order chi connectivity index (χ0) is 20.8. The van der Waals surface area contributed by atoms with Gasteiger partial charge in [0, 0.05) is 43.5 Å². The minimum Gasteiger partial charge on any atom is -0.339 e. The Hall–Kier alpha value is -3.87. The molecule has 0 atom stereocenters. The minimum absolute atomic E-state index is 0.192. The van der Waals surface area contributed by atoms with Crippen LogP contribution in [0.15, 0.2) is 82.7 Å². The number of rotatable bonds is 6. The summed E-state index contributed by atoms with van der Waals surface area (Å²) in [7, 11) is 0. The third kappa shape index (κ3) is 4.94. The van der Waals surface area contributed by atoms with E-state index >= 15 is 0 Å². The summed E-state index contributed by atoms with van der Waals surface area (Å²) in [6.07, 6.45) is 5.78. The van der Waals surface area contributed by atoms with E-state index in [-0.39, 0.29) is 12.3 Å². The van der Waals surface area contributed by atoms with Gasteiger partial charge in [-0.3, -0.25) is 9.78 Å². The van der Waals surface area contributed by atoms with Gasteiger partial charge in [-0.1, -0.05) is 41.1 Å². The Labute approximate surface area is 173 Å². The largest absolute Gasteiger partial charge is 0.339 e. The molecule has 0 spiro atoms. The van der Waals surface area contributed by atoms with E-state index in [1.54, 1.807) is 24.5 Å². The van der Waals surface area contributed by atoms with Crippen LogP contribution in [-0.2, 0) is 17.8 Å². The molecule has 0 radical (unpaired) electrons. The van der Waals surface area contributed by atoms with Gasteiger partial charge in [0.1, 0.15) is 5.49 Å². The molecule has 30 heavy (non-hydrogen) atoms. The Bertz CT molecular complexity index is 1190. The van der Waals surface area contributed by atoms with Crippen molar-refractivity contribution >= 4 is 5.91 Å². The van der Waals surface area contributed by atoms with Gasteiger partial charge in [0.05, 0.1) is 0 Å². The van der Waals surface area contributed by atoms with Crippen LogP contribution in [0.3, 0.4) is 0 Å². The first-order chi connectivity index (χ1) is 14.7. The average molecular weight is 399 g/mol. The molecular weight excluding hydrogens is 378 g/mol. The number of nitrogens with zero attached hydrogens (tertiary/aromatic N) is 5. The van der Waals surface area contributed by atoms with Crippen LogP contribution < -0.4 is 5.49 Å². The Morgan fingerprint density at radius 1 is 1.07 bits per heavy atom. The van der Waals surface area contributed by atoms with Crippen molar-refractivity contribution in [1.29, 1.82) is 0 Å². The summed E-state index contributed by atoms with van der Waals surface area (Å²) in [4.78, 5) is 25.0. The van der Waals surface area contributed by atoms with Crippen molar-refractivity contribution in [2.24, 2.45) is 4.99 Å². The lowest BCUT2D eigenvalue weighted by molar-refractivity contribution is -0.118. The molecule has 0 aliphatic rings. The molecule has 0 aliphatic carbocycles. The van der Waals surface area contributed by atoms with E-state index in [2.05, 4.69) is 51.3 Å². The van der Waals surface area contributed by atoms with Gasteiger partial charge in [-0.25, -0.2) is 0 Å². The molecule has 1 aromatic carbocycles. The summed E-state index contributed by atoms with van der Waals surface area (Å²) >= 11 is 0. The van der Waals surface area contributed by atoms with E-state index in [4.69, 9.17) is 4.52 Å². The predicted molar refractivity (Wildman–Crippen MR) is 111 cm³/mol. The number of pyridine rings is 2. The van der Waals surface area contributed by atoms with Gasteiger partial charge < -0.3 is 9.09 Å². The van der Waals surface area contributed by atoms with E-state index in [9.17, 15) is 4.79 Å². The number of aromatic nitrogens is 4. The zero-order valence-corrected chi connectivity index (χ0v) is 16.6. The molecule has 0 aliphatic heterocycles. The molecule has 0 N–H and O–H groups in total. The Morgan fingerprint density at radius 3 is 2.67 bits per heavy atom. The predicted octanol–water partition coefficient (Wildman–Crippen LogP) is 3.35. The fourth-order valence-corrected chi connectivity index (χ4v) is 2.96. The summed E-state index contributed by atoms with van der Waals surface area (Å²) in [5, 5.41) is 3.96.